The number of fused-ring (bicyclic) bond motifs is 1. The summed E-state index contributed by atoms with van der Waals surface area (Å²) in [4.78, 5) is 15.4. The van der Waals surface area contributed by atoms with Gasteiger partial charge in [-0.1, -0.05) is 0 Å². The third-order valence-corrected chi connectivity index (χ3v) is 6.10. The Balaban J connectivity index is 1.46. The highest BCUT2D eigenvalue weighted by atomic mass is 32.1. The van der Waals surface area contributed by atoms with Crippen LogP contribution in [0.1, 0.15) is 35.7 Å². The summed E-state index contributed by atoms with van der Waals surface area (Å²) < 4.78 is 49.4. The smallest absolute Gasteiger partial charge is 0.226 e. The number of hydrogen-bond donors (Lipinski definition) is 2. The summed E-state index contributed by atoms with van der Waals surface area (Å²) in [5, 5.41) is 2.94. The maximum Gasteiger partial charge on any atom is 0.226 e. The first-order chi connectivity index (χ1) is 13.9. The van der Waals surface area contributed by atoms with E-state index in [0.717, 1.165) is 43.9 Å². The van der Waals surface area contributed by atoms with Crippen LogP contribution in [0.25, 0.3) is 0 Å². The van der Waals surface area contributed by atoms with Gasteiger partial charge in [0.15, 0.2) is 16.4 Å². The van der Waals surface area contributed by atoms with Gasteiger partial charge < -0.3 is 19.6 Å². The Morgan fingerprint density at radius 3 is 2.72 bits per heavy atom. The molecular weight excluding hydrogens is 403 g/mol. The highest BCUT2D eigenvalue weighted by Crippen LogP contribution is 2.35. The van der Waals surface area contributed by atoms with E-state index in [1.807, 2.05) is 0 Å². The molecule has 1 amide bonds. The minimum Gasteiger partial charge on any atom is -0.381 e. The molecule has 9 heteroatoms. The first-order valence-corrected chi connectivity index (χ1v) is 10.1. The fourth-order valence-corrected chi connectivity index (χ4v) is 4.50. The van der Waals surface area contributed by atoms with Crippen molar-refractivity contribution < 1.29 is 22.7 Å². The molecule has 0 spiro atoms. The van der Waals surface area contributed by atoms with Crippen LogP contribution in [0.15, 0.2) is 12.1 Å². The van der Waals surface area contributed by atoms with E-state index >= 15 is 0 Å². The summed E-state index contributed by atoms with van der Waals surface area (Å²) in [6.07, 6.45) is 2.25. The number of carbonyl (C=O) groups is 1. The Kier molecular flexibility index (Phi) is 5.78. The number of halogens is 3. The van der Waals surface area contributed by atoms with E-state index in [1.165, 1.54) is 0 Å². The fourth-order valence-electron chi connectivity index (χ4n) is 4.19. The molecule has 0 unspecified atom stereocenters. The van der Waals surface area contributed by atoms with E-state index < -0.39 is 23.4 Å². The van der Waals surface area contributed by atoms with Gasteiger partial charge in [-0.25, -0.2) is 13.2 Å². The van der Waals surface area contributed by atoms with Gasteiger partial charge in [-0.15, -0.1) is 0 Å². The van der Waals surface area contributed by atoms with E-state index in [2.05, 4.69) is 10.3 Å². The summed E-state index contributed by atoms with van der Waals surface area (Å²) in [5.74, 6) is -3.30. The topological polar surface area (TPSA) is 59.0 Å². The van der Waals surface area contributed by atoms with Crippen molar-refractivity contribution in [2.24, 2.45) is 5.92 Å². The number of hydrogen-bond acceptors (Lipinski definition) is 3. The van der Waals surface area contributed by atoms with Gasteiger partial charge in [0.2, 0.25) is 5.91 Å². The molecule has 1 saturated heterocycles. The molecule has 0 radical (unpaired) electrons. The summed E-state index contributed by atoms with van der Waals surface area (Å²) >= 11 is 5.31. The van der Waals surface area contributed by atoms with Crippen molar-refractivity contribution in [3.63, 3.8) is 0 Å². The van der Waals surface area contributed by atoms with E-state index in [0.29, 0.717) is 22.9 Å². The number of aromatic nitrogens is 2. The number of benzene rings is 1. The third kappa shape index (κ3) is 4.11. The fraction of sp³-hybridized carbons (Fsp3) is 0.500. The SMILES string of the molecule is O=C(Cc1[nH]c(=S)n2c1C[C@H](c1c(F)ccc(F)c1F)C2)NCC1CCOCC1. The van der Waals surface area contributed by atoms with Crippen molar-refractivity contribution in [1.29, 1.82) is 0 Å². The molecule has 1 aromatic heterocycles. The van der Waals surface area contributed by atoms with Crippen LogP contribution < -0.4 is 5.32 Å². The van der Waals surface area contributed by atoms with Crippen LogP contribution in [0, 0.1) is 28.1 Å². The quantitative estimate of drug-likeness (QED) is 0.570. The van der Waals surface area contributed by atoms with Crippen LogP contribution in [0.2, 0.25) is 0 Å². The van der Waals surface area contributed by atoms with Gasteiger partial charge in [0.25, 0.3) is 0 Å². The molecule has 2 aromatic rings. The highest BCUT2D eigenvalue weighted by Gasteiger charge is 2.32. The van der Waals surface area contributed by atoms with Gasteiger partial charge in [-0.2, -0.15) is 0 Å². The third-order valence-electron chi connectivity index (χ3n) is 5.77. The van der Waals surface area contributed by atoms with Gasteiger partial charge in [0.1, 0.15) is 5.82 Å². The van der Waals surface area contributed by atoms with Crippen molar-refractivity contribution in [2.75, 3.05) is 19.8 Å². The number of rotatable bonds is 5. The van der Waals surface area contributed by atoms with Gasteiger partial charge in [0.05, 0.1) is 6.42 Å². The number of amides is 1. The second-order valence-electron chi connectivity index (χ2n) is 7.66. The maximum atomic E-state index is 14.2. The average Bonchev–Trinajstić information content (AvgIpc) is 3.25. The molecule has 3 heterocycles. The Morgan fingerprint density at radius 1 is 1.24 bits per heavy atom. The first-order valence-electron chi connectivity index (χ1n) is 9.72. The number of imidazole rings is 1. The van der Waals surface area contributed by atoms with Gasteiger partial charge >= 0.3 is 0 Å². The molecular formula is C20H22F3N3O2S. The molecule has 1 atom stereocenters. The van der Waals surface area contributed by atoms with Crippen LogP contribution in [0.5, 0.6) is 0 Å². The zero-order valence-electron chi connectivity index (χ0n) is 15.8. The normalized spacial score (nSPS) is 19.3. The molecule has 156 valence electrons. The highest BCUT2D eigenvalue weighted by molar-refractivity contribution is 7.71. The van der Waals surface area contributed by atoms with Crippen molar-refractivity contribution in [2.45, 2.75) is 38.1 Å². The Hall–Kier alpha value is -2.13. The Labute approximate surface area is 171 Å². The zero-order chi connectivity index (χ0) is 20.5. The molecule has 2 aliphatic heterocycles. The van der Waals surface area contributed by atoms with Crippen LogP contribution in [0.3, 0.4) is 0 Å². The first kappa shape index (κ1) is 20.2. The monoisotopic (exact) mass is 425 g/mol. The predicted molar refractivity (Wildman–Crippen MR) is 103 cm³/mol. The Bertz CT molecular complexity index is 982. The van der Waals surface area contributed by atoms with E-state index in [9.17, 15) is 18.0 Å². The van der Waals surface area contributed by atoms with Gasteiger partial charge in [0, 0.05) is 49.2 Å². The maximum absolute atomic E-state index is 14.2. The summed E-state index contributed by atoms with van der Waals surface area (Å²) in [5.41, 5.74) is 1.11. The molecule has 0 bridgehead atoms. The van der Waals surface area contributed by atoms with E-state index in [4.69, 9.17) is 17.0 Å². The standard InChI is InChI=1S/C20H22F3N3O2S/c21-13-1-2-14(22)19(23)18(13)12-7-16-15(25-20(29)26(16)10-12)8-17(27)24-9-11-3-5-28-6-4-11/h1-2,11-12H,3-10H2,(H,24,27)(H,25,29)/t12-/m0/s1. The van der Waals surface area contributed by atoms with Crippen LogP contribution in [-0.2, 0) is 28.9 Å². The largest absolute Gasteiger partial charge is 0.381 e. The molecule has 1 fully saturated rings. The molecule has 29 heavy (non-hydrogen) atoms. The minimum atomic E-state index is -1.16. The molecule has 0 saturated carbocycles. The molecule has 0 aliphatic carbocycles. The number of nitrogens with one attached hydrogen (secondary N) is 2. The number of aromatic amines is 1. The molecule has 4 rings (SSSR count). The molecule has 1 aromatic carbocycles. The number of nitrogens with zero attached hydrogens (tertiary/aromatic N) is 1. The van der Waals surface area contributed by atoms with Gasteiger partial charge in [-0.05, 0) is 49.5 Å². The Morgan fingerprint density at radius 2 is 1.97 bits per heavy atom. The van der Waals surface area contributed by atoms with E-state index in [1.54, 1.807) is 4.57 Å². The number of H-pyrrole nitrogens is 1. The minimum absolute atomic E-state index is 0.107. The lowest BCUT2D eigenvalue weighted by Crippen LogP contribution is -2.33. The second-order valence-corrected chi connectivity index (χ2v) is 8.05. The van der Waals surface area contributed by atoms with Crippen molar-refractivity contribution >= 4 is 18.1 Å². The predicted octanol–water partition coefficient (Wildman–Crippen LogP) is 3.39. The van der Waals surface area contributed by atoms with Crippen molar-refractivity contribution in [3.8, 4) is 0 Å². The lowest BCUT2D eigenvalue weighted by Gasteiger charge is -2.22. The van der Waals surface area contributed by atoms with Crippen LogP contribution in [-0.4, -0.2) is 35.2 Å². The van der Waals surface area contributed by atoms with Crippen molar-refractivity contribution in [3.05, 3.63) is 51.3 Å². The van der Waals surface area contributed by atoms with Crippen LogP contribution >= 0.6 is 12.2 Å². The zero-order valence-corrected chi connectivity index (χ0v) is 16.6. The van der Waals surface area contributed by atoms with Crippen LogP contribution in [0.4, 0.5) is 13.2 Å². The lowest BCUT2D eigenvalue weighted by molar-refractivity contribution is -0.120. The number of carbonyl (C=O) groups excluding carboxylic acids is 1. The average molecular weight is 425 g/mol. The molecule has 2 aliphatic rings. The summed E-state index contributed by atoms with van der Waals surface area (Å²) in [6.45, 7) is 2.28. The van der Waals surface area contributed by atoms with Crippen molar-refractivity contribution in [1.82, 2.24) is 14.9 Å². The lowest BCUT2D eigenvalue weighted by atomic mass is 9.95. The summed E-state index contributed by atoms with van der Waals surface area (Å²) in [7, 11) is 0. The molecule has 5 nitrogen and oxygen atoms in total. The molecule has 2 N–H and O–H groups in total. The second kappa shape index (κ2) is 8.31. The van der Waals surface area contributed by atoms with E-state index in [-0.39, 0.29) is 30.9 Å². The van der Waals surface area contributed by atoms with Gasteiger partial charge in [-0.3, -0.25) is 4.79 Å². The summed E-state index contributed by atoms with van der Waals surface area (Å²) in [6, 6.07) is 1.72. The number of ether oxygens (including phenoxy) is 1.